The summed E-state index contributed by atoms with van der Waals surface area (Å²) in [6.45, 7) is 8.52. The predicted octanol–water partition coefficient (Wildman–Crippen LogP) is 1.33. The monoisotopic (exact) mass is 155 g/mol. The van der Waals surface area contributed by atoms with Crippen LogP contribution in [0.15, 0.2) is 12.2 Å². The van der Waals surface area contributed by atoms with Gasteiger partial charge in [-0.1, -0.05) is 12.2 Å². The van der Waals surface area contributed by atoms with Crippen molar-refractivity contribution >= 4 is 0 Å². The molecule has 0 aromatic rings. The Morgan fingerprint density at radius 2 is 2.45 bits per heavy atom. The van der Waals surface area contributed by atoms with Crippen LogP contribution in [0, 0.1) is 0 Å². The topological polar surface area (TPSA) is 21.3 Å². The zero-order valence-electron chi connectivity index (χ0n) is 7.23. The molecule has 1 N–H and O–H groups in total. The van der Waals surface area contributed by atoms with Crippen molar-refractivity contribution < 1.29 is 4.74 Å². The molecule has 2 heteroatoms. The van der Waals surface area contributed by atoms with E-state index in [0.29, 0.717) is 6.61 Å². The third-order valence-corrected chi connectivity index (χ3v) is 1.88. The minimum absolute atomic E-state index is 0.715. The highest BCUT2D eigenvalue weighted by molar-refractivity contribution is 4.87. The molecule has 1 aliphatic rings. The first-order valence-electron chi connectivity index (χ1n) is 4.24. The highest BCUT2D eigenvalue weighted by atomic mass is 16.5. The lowest BCUT2D eigenvalue weighted by Gasteiger charge is -2.27. The van der Waals surface area contributed by atoms with Gasteiger partial charge in [0.1, 0.15) is 0 Å². The predicted molar refractivity (Wildman–Crippen MR) is 46.7 cm³/mol. The Balaban J connectivity index is 1.83. The van der Waals surface area contributed by atoms with Crippen molar-refractivity contribution in [3.63, 3.8) is 0 Å². The van der Waals surface area contributed by atoms with E-state index in [1.807, 2.05) is 6.92 Å². The van der Waals surface area contributed by atoms with Gasteiger partial charge in [0.2, 0.25) is 0 Å². The second-order valence-electron chi connectivity index (χ2n) is 3.24. The average Bonchev–Trinajstić information content (AvgIpc) is 1.82. The minimum atomic E-state index is 0.715. The standard InChI is InChI=1S/C9H17NO/c1-8(2)7-11-6-4-9-3-5-10-9/h9-10H,1,3-7H2,2H3. The van der Waals surface area contributed by atoms with Crippen molar-refractivity contribution in [3.05, 3.63) is 12.2 Å². The SMILES string of the molecule is C=C(C)COCCC1CCN1. The second-order valence-corrected chi connectivity index (χ2v) is 3.24. The smallest absolute Gasteiger partial charge is 0.0671 e. The third kappa shape index (κ3) is 3.54. The molecule has 1 unspecified atom stereocenters. The maximum atomic E-state index is 5.36. The second kappa shape index (κ2) is 4.52. The lowest BCUT2D eigenvalue weighted by Crippen LogP contribution is -2.43. The molecule has 1 heterocycles. The van der Waals surface area contributed by atoms with E-state index >= 15 is 0 Å². The summed E-state index contributed by atoms with van der Waals surface area (Å²) in [6, 6.07) is 0.722. The van der Waals surface area contributed by atoms with Crippen LogP contribution in [0.3, 0.4) is 0 Å². The molecule has 1 saturated heterocycles. The van der Waals surface area contributed by atoms with Crippen LogP contribution in [-0.2, 0) is 4.74 Å². The first-order valence-corrected chi connectivity index (χ1v) is 4.24. The summed E-state index contributed by atoms with van der Waals surface area (Å²) < 4.78 is 5.36. The molecule has 11 heavy (non-hydrogen) atoms. The van der Waals surface area contributed by atoms with Crippen molar-refractivity contribution in [2.24, 2.45) is 0 Å². The largest absolute Gasteiger partial charge is 0.377 e. The maximum Gasteiger partial charge on any atom is 0.0671 e. The minimum Gasteiger partial charge on any atom is -0.377 e. The number of nitrogens with one attached hydrogen (secondary N) is 1. The molecule has 2 nitrogen and oxygen atoms in total. The van der Waals surface area contributed by atoms with E-state index < -0.39 is 0 Å². The van der Waals surface area contributed by atoms with Crippen LogP contribution in [0.2, 0.25) is 0 Å². The van der Waals surface area contributed by atoms with Gasteiger partial charge in [0.05, 0.1) is 6.61 Å². The van der Waals surface area contributed by atoms with Crippen LogP contribution in [0.25, 0.3) is 0 Å². The molecule has 0 aromatic heterocycles. The molecular formula is C9H17NO. The Labute approximate surface area is 68.6 Å². The summed E-state index contributed by atoms with van der Waals surface area (Å²) in [7, 11) is 0. The van der Waals surface area contributed by atoms with Crippen molar-refractivity contribution in [2.75, 3.05) is 19.8 Å². The van der Waals surface area contributed by atoms with Crippen LogP contribution in [0.5, 0.6) is 0 Å². The van der Waals surface area contributed by atoms with Gasteiger partial charge in [0, 0.05) is 12.6 Å². The van der Waals surface area contributed by atoms with Gasteiger partial charge in [-0.3, -0.25) is 0 Å². The average molecular weight is 155 g/mol. The van der Waals surface area contributed by atoms with Crippen molar-refractivity contribution in [1.29, 1.82) is 0 Å². The summed E-state index contributed by atoms with van der Waals surface area (Å²) in [5, 5.41) is 3.33. The Bertz CT molecular complexity index is 130. The fourth-order valence-electron chi connectivity index (χ4n) is 1.07. The van der Waals surface area contributed by atoms with Gasteiger partial charge in [-0.05, 0) is 26.3 Å². The Hall–Kier alpha value is -0.340. The van der Waals surface area contributed by atoms with Crippen molar-refractivity contribution in [1.82, 2.24) is 5.32 Å². The van der Waals surface area contributed by atoms with Crippen LogP contribution in [-0.4, -0.2) is 25.8 Å². The molecule has 0 amide bonds. The fourth-order valence-corrected chi connectivity index (χ4v) is 1.07. The molecule has 0 radical (unpaired) electrons. The van der Waals surface area contributed by atoms with E-state index in [1.165, 1.54) is 13.0 Å². The molecule has 0 spiro atoms. The molecule has 1 rings (SSSR count). The van der Waals surface area contributed by atoms with Gasteiger partial charge in [-0.2, -0.15) is 0 Å². The quantitative estimate of drug-likeness (QED) is 0.477. The van der Waals surface area contributed by atoms with Gasteiger partial charge in [-0.15, -0.1) is 0 Å². The van der Waals surface area contributed by atoms with Gasteiger partial charge in [0.15, 0.2) is 0 Å². The van der Waals surface area contributed by atoms with Gasteiger partial charge in [-0.25, -0.2) is 0 Å². The zero-order valence-corrected chi connectivity index (χ0v) is 7.23. The van der Waals surface area contributed by atoms with Crippen LogP contribution in [0.4, 0.5) is 0 Å². The maximum absolute atomic E-state index is 5.36. The highest BCUT2D eigenvalue weighted by Crippen LogP contribution is 2.06. The molecule has 1 aliphatic heterocycles. The third-order valence-electron chi connectivity index (χ3n) is 1.88. The first-order chi connectivity index (χ1) is 5.29. The van der Waals surface area contributed by atoms with Gasteiger partial charge in [0.25, 0.3) is 0 Å². The molecule has 0 aliphatic carbocycles. The van der Waals surface area contributed by atoms with E-state index in [2.05, 4.69) is 11.9 Å². The number of rotatable bonds is 5. The molecule has 0 aromatic carbocycles. The van der Waals surface area contributed by atoms with Crippen LogP contribution < -0.4 is 5.32 Å². The molecule has 0 bridgehead atoms. The molecular weight excluding hydrogens is 138 g/mol. The highest BCUT2D eigenvalue weighted by Gasteiger charge is 2.14. The number of ether oxygens (including phenoxy) is 1. The molecule has 1 fully saturated rings. The molecule has 64 valence electrons. The van der Waals surface area contributed by atoms with Crippen molar-refractivity contribution in [2.45, 2.75) is 25.8 Å². The van der Waals surface area contributed by atoms with E-state index in [-0.39, 0.29) is 0 Å². The summed E-state index contributed by atoms with van der Waals surface area (Å²) in [6.07, 6.45) is 2.46. The lowest BCUT2D eigenvalue weighted by atomic mass is 10.0. The zero-order chi connectivity index (χ0) is 8.10. The van der Waals surface area contributed by atoms with E-state index in [0.717, 1.165) is 24.6 Å². The Kier molecular flexibility index (Phi) is 3.60. The van der Waals surface area contributed by atoms with E-state index in [4.69, 9.17) is 4.74 Å². The summed E-state index contributed by atoms with van der Waals surface area (Å²) in [4.78, 5) is 0. The summed E-state index contributed by atoms with van der Waals surface area (Å²) in [5.41, 5.74) is 1.10. The number of hydrogen-bond donors (Lipinski definition) is 1. The van der Waals surface area contributed by atoms with Crippen molar-refractivity contribution in [3.8, 4) is 0 Å². The van der Waals surface area contributed by atoms with E-state index in [1.54, 1.807) is 0 Å². The molecule has 0 saturated carbocycles. The van der Waals surface area contributed by atoms with Gasteiger partial charge >= 0.3 is 0 Å². The fraction of sp³-hybridized carbons (Fsp3) is 0.778. The lowest BCUT2D eigenvalue weighted by molar-refractivity contribution is 0.135. The summed E-state index contributed by atoms with van der Waals surface area (Å²) in [5.74, 6) is 0. The number of hydrogen-bond acceptors (Lipinski definition) is 2. The molecule has 1 atom stereocenters. The first kappa shape index (κ1) is 8.75. The van der Waals surface area contributed by atoms with Gasteiger partial charge < -0.3 is 10.1 Å². The Morgan fingerprint density at radius 3 is 2.91 bits per heavy atom. The van der Waals surface area contributed by atoms with Crippen LogP contribution in [0.1, 0.15) is 19.8 Å². The summed E-state index contributed by atoms with van der Waals surface area (Å²) >= 11 is 0. The normalized spacial score (nSPS) is 22.8. The van der Waals surface area contributed by atoms with Crippen LogP contribution >= 0.6 is 0 Å². The Morgan fingerprint density at radius 1 is 1.73 bits per heavy atom. The van der Waals surface area contributed by atoms with E-state index in [9.17, 15) is 0 Å².